The van der Waals surface area contributed by atoms with Gasteiger partial charge in [-0.05, 0) is 69.4 Å². The first kappa shape index (κ1) is 23.3. The van der Waals surface area contributed by atoms with Crippen LogP contribution < -0.4 is 20.6 Å². The van der Waals surface area contributed by atoms with Crippen molar-refractivity contribution in [3.05, 3.63) is 47.7 Å². The fourth-order valence-electron chi connectivity index (χ4n) is 4.21. The maximum absolute atomic E-state index is 13.4. The highest BCUT2D eigenvalue weighted by molar-refractivity contribution is 6.62. The average molecular weight is 450 g/mol. The van der Waals surface area contributed by atoms with E-state index in [-0.39, 0.29) is 11.9 Å². The smallest absolute Gasteiger partial charge is 0.399 e. The Hall–Kier alpha value is -2.91. The molecule has 2 fully saturated rings. The molecule has 0 aliphatic carbocycles. The van der Waals surface area contributed by atoms with Crippen LogP contribution in [0.3, 0.4) is 0 Å². The molecule has 1 aromatic heterocycles. The van der Waals surface area contributed by atoms with E-state index in [2.05, 4.69) is 10.3 Å². The van der Waals surface area contributed by atoms with Crippen LogP contribution in [0.25, 0.3) is 0 Å². The van der Waals surface area contributed by atoms with Crippen LogP contribution in [0, 0.1) is 0 Å². The van der Waals surface area contributed by atoms with Crippen molar-refractivity contribution in [1.29, 1.82) is 0 Å². The van der Waals surface area contributed by atoms with Gasteiger partial charge in [0.25, 0.3) is 5.91 Å². The summed E-state index contributed by atoms with van der Waals surface area (Å²) in [4.78, 5) is 33.4. The van der Waals surface area contributed by atoms with Crippen LogP contribution in [0.2, 0.25) is 0 Å². The van der Waals surface area contributed by atoms with E-state index in [1.165, 1.54) is 0 Å². The molecule has 8 nitrogen and oxygen atoms in total. The summed E-state index contributed by atoms with van der Waals surface area (Å²) in [7, 11) is 1.06. The Labute approximate surface area is 195 Å². The van der Waals surface area contributed by atoms with Gasteiger partial charge in [-0.1, -0.05) is 13.0 Å². The number of anilines is 2. The van der Waals surface area contributed by atoms with Crippen molar-refractivity contribution in [2.24, 2.45) is 0 Å². The number of benzene rings is 1. The molecule has 3 heterocycles. The number of pyridine rings is 1. The van der Waals surface area contributed by atoms with Crippen molar-refractivity contribution in [2.45, 2.75) is 52.2 Å². The van der Waals surface area contributed by atoms with Crippen LogP contribution in [0.4, 0.5) is 16.3 Å². The molecule has 0 unspecified atom stereocenters. The zero-order chi connectivity index (χ0) is 24.0. The second-order valence-electron chi connectivity index (χ2n) is 9.36. The lowest BCUT2D eigenvalue weighted by molar-refractivity contribution is 0.00578. The molecular formula is C24H31BN4O4. The highest BCUT2D eigenvalue weighted by atomic mass is 16.7. The van der Waals surface area contributed by atoms with Crippen molar-refractivity contribution in [3.8, 4) is 0 Å². The maximum Gasteiger partial charge on any atom is 0.495 e. The molecule has 174 valence electrons. The molecule has 0 radical (unpaired) electrons. The Bertz CT molecular complexity index is 1070. The van der Waals surface area contributed by atoms with Gasteiger partial charge in [0.05, 0.1) is 11.2 Å². The van der Waals surface area contributed by atoms with Crippen molar-refractivity contribution in [2.75, 3.05) is 29.9 Å². The summed E-state index contributed by atoms with van der Waals surface area (Å²) in [5, 5.41) is 2.62. The molecule has 0 bridgehead atoms. The Morgan fingerprint density at radius 2 is 1.79 bits per heavy atom. The highest BCUT2D eigenvalue weighted by Crippen LogP contribution is 2.37. The summed E-state index contributed by atoms with van der Waals surface area (Å²) >= 11 is 0. The Kier molecular flexibility index (Phi) is 5.96. The molecule has 1 aromatic carbocycles. The zero-order valence-electron chi connectivity index (χ0n) is 20.1. The minimum atomic E-state index is -0.523. The topological polar surface area (TPSA) is 84.0 Å². The van der Waals surface area contributed by atoms with Gasteiger partial charge >= 0.3 is 13.1 Å². The Balaban J connectivity index is 1.64. The molecule has 9 heteroatoms. The Morgan fingerprint density at radius 3 is 2.42 bits per heavy atom. The minimum Gasteiger partial charge on any atom is -0.399 e. The lowest BCUT2D eigenvalue weighted by Crippen LogP contribution is -2.41. The summed E-state index contributed by atoms with van der Waals surface area (Å²) in [5.41, 5.74) is 2.11. The summed E-state index contributed by atoms with van der Waals surface area (Å²) in [6.07, 6.45) is 2.38. The summed E-state index contributed by atoms with van der Waals surface area (Å²) in [5.74, 6) is 0.435. The van der Waals surface area contributed by atoms with Crippen LogP contribution in [0.5, 0.6) is 0 Å². The summed E-state index contributed by atoms with van der Waals surface area (Å²) in [6.45, 7) is 11.1. The van der Waals surface area contributed by atoms with Gasteiger partial charge in [0.15, 0.2) is 0 Å². The van der Waals surface area contributed by atoms with Gasteiger partial charge in [-0.25, -0.2) is 9.78 Å². The normalized spacial score (nSPS) is 19.3. The molecule has 2 saturated heterocycles. The maximum atomic E-state index is 13.4. The number of urea groups is 1. The molecule has 0 saturated carbocycles. The molecule has 2 aromatic rings. The third kappa shape index (κ3) is 4.00. The van der Waals surface area contributed by atoms with E-state index in [0.29, 0.717) is 36.6 Å². The number of aromatic nitrogens is 1. The second kappa shape index (κ2) is 8.46. The predicted molar refractivity (Wildman–Crippen MR) is 129 cm³/mol. The number of nitrogens with zero attached hydrogens (tertiary/aromatic N) is 3. The van der Waals surface area contributed by atoms with Crippen molar-refractivity contribution < 1.29 is 18.9 Å². The van der Waals surface area contributed by atoms with E-state index < -0.39 is 18.3 Å². The largest absolute Gasteiger partial charge is 0.495 e. The van der Waals surface area contributed by atoms with E-state index in [4.69, 9.17) is 9.31 Å². The number of hydrogen-bond donors (Lipinski definition) is 1. The SMILES string of the molecule is CCc1c(B2OC(C)(C)C(C)(C)O2)ccnc1N1CCN(c2cccc(C(=O)NC)c2)C1=O. The van der Waals surface area contributed by atoms with E-state index in [1.807, 2.05) is 46.8 Å². The molecular weight excluding hydrogens is 419 g/mol. The highest BCUT2D eigenvalue weighted by Gasteiger charge is 2.52. The van der Waals surface area contributed by atoms with Gasteiger partial charge in [-0.2, -0.15) is 0 Å². The van der Waals surface area contributed by atoms with Gasteiger partial charge in [0.2, 0.25) is 0 Å². The number of hydrogen-bond acceptors (Lipinski definition) is 5. The molecule has 2 aliphatic heterocycles. The third-order valence-corrected chi connectivity index (χ3v) is 6.84. The molecule has 0 atom stereocenters. The molecule has 33 heavy (non-hydrogen) atoms. The lowest BCUT2D eigenvalue weighted by atomic mass is 9.75. The summed E-state index contributed by atoms with van der Waals surface area (Å²) in [6, 6.07) is 8.82. The Morgan fingerprint density at radius 1 is 1.12 bits per heavy atom. The van der Waals surface area contributed by atoms with Crippen LogP contribution in [-0.4, -0.2) is 55.4 Å². The quantitative estimate of drug-likeness (QED) is 0.709. The van der Waals surface area contributed by atoms with E-state index >= 15 is 0 Å². The van der Waals surface area contributed by atoms with Crippen molar-refractivity contribution >= 4 is 36.0 Å². The molecule has 1 N–H and O–H groups in total. The number of amides is 3. The molecule has 3 amide bonds. The molecule has 2 aliphatic rings. The van der Waals surface area contributed by atoms with Crippen molar-refractivity contribution in [3.63, 3.8) is 0 Å². The van der Waals surface area contributed by atoms with Gasteiger partial charge in [0, 0.05) is 37.6 Å². The first-order valence-corrected chi connectivity index (χ1v) is 11.3. The number of carbonyl (C=O) groups is 2. The van der Waals surface area contributed by atoms with Gasteiger partial charge in [0.1, 0.15) is 5.82 Å². The van der Waals surface area contributed by atoms with Crippen LogP contribution in [0.15, 0.2) is 36.5 Å². The van der Waals surface area contributed by atoms with Crippen LogP contribution in [0.1, 0.15) is 50.5 Å². The minimum absolute atomic E-state index is 0.169. The van der Waals surface area contributed by atoms with Gasteiger partial charge in [-0.3, -0.25) is 14.6 Å². The van der Waals surface area contributed by atoms with Crippen LogP contribution >= 0.6 is 0 Å². The summed E-state index contributed by atoms with van der Waals surface area (Å²) < 4.78 is 12.5. The number of nitrogens with one attached hydrogen (secondary N) is 1. The first-order chi connectivity index (χ1) is 15.6. The van der Waals surface area contributed by atoms with Crippen LogP contribution in [-0.2, 0) is 15.7 Å². The van der Waals surface area contributed by atoms with Gasteiger partial charge < -0.3 is 14.6 Å². The number of rotatable bonds is 5. The van der Waals surface area contributed by atoms with E-state index in [9.17, 15) is 9.59 Å². The van der Waals surface area contributed by atoms with E-state index in [1.54, 1.807) is 41.2 Å². The van der Waals surface area contributed by atoms with Gasteiger partial charge in [-0.15, -0.1) is 0 Å². The average Bonchev–Trinajstić information content (AvgIpc) is 3.27. The molecule has 4 rings (SSSR count). The predicted octanol–water partition coefficient (Wildman–Crippen LogP) is 2.75. The second-order valence-corrected chi connectivity index (χ2v) is 9.36. The molecule has 0 spiro atoms. The first-order valence-electron chi connectivity index (χ1n) is 11.3. The fraction of sp³-hybridized carbons (Fsp3) is 0.458. The van der Waals surface area contributed by atoms with E-state index in [0.717, 1.165) is 11.0 Å². The van der Waals surface area contributed by atoms with Crippen molar-refractivity contribution in [1.82, 2.24) is 10.3 Å². The standard InChI is InChI=1S/C24H31BN4O4/c1-7-18-19(25-32-23(2,3)24(4,5)33-25)11-12-27-20(18)29-14-13-28(22(29)31)17-10-8-9-16(15-17)21(30)26-6/h8-12,15H,7,13-14H2,1-6H3,(H,26,30). The lowest BCUT2D eigenvalue weighted by Gasteiger charge is -2.32. The fourth-order valence-corrected chi connectivity index (χ4v) is 4.21. The number of carbonyl (C=O) groups excluding carboxylic acids is 2. The monoisotopic (exact) mass is 450 g/mol. The third-order valence-electron chi connectivity index (χ3n) is 6.84. The zero-order valence-corrected chi connectivity index (χ0v) is 20.1.